The third-order valence-corrected chi connectivity index (χ3v) is 3.46. The first-order valence-corrected chi connectivity index (χ1v) is 6.54. The van der Waals surface area contributed by atoms with E-state index in [1.165, 1.54) is 6.07 Å². The average Bonchev–Trinajstić information content (AvgIpc) is 2.48. The second-order valence-corrected chi connectivity index (χ2v) is 4.94. The largest absolute Gasteiger partial charge is 0.425 e. The minimum absolute atomic E-state index is 0.209. The maximum atomic E-state index is 12.4. The molecule has 4 nitrogen and oxygen atoms in total. The molecule has 0 saturated carbocycles. The van der Waals surface area contributed by atoms with Crippen molar-refractivity contribution in [3.05, 3.63) is 65.2 Å². The van der Waals surface area contributed by atoms with Gasteiger partial charge in [-0.2, -0.15) is 0 Å². The van der Waals surface area contributed by atoms with Crippen molar-refractivity contribution in [3.63, 3.8) is 0 Å². The summed E-state index contributed by atoms with van der Waals surface area (Å²) in [5.41, 5.74) is 1.59. The third-order valence-electron chi connectivity index (χ3n) is 3.46. The molecule has 21 heavy (non-hydrogen) atoms. The second-order valence-electron chi connectivity index (χ2n) is 4.94. The number of ketones is 2. The summed E-state index contributed by atoms with van der Waals surface area (Å²) in [6, 6.07) is 13.2. The highest BCUT2D eigenvalue weighted by Crippen LogP contribution is 2.29. The number of aryl methyl sites for hydroxylation is 1. The number of Topliss-reactive ketones (excluding diaryl/α,β-unsaturated/α-hetero) is 2. The lowest BCUT2D eigenvalue weighted by atomic mass is 9.88. The van der Waals surface area contributed by atoms with Crippen LogP contribution in [0.4, 0.5) is 0 Å². The molecule has 104 valence electrons. The fourth-order valence-electron chi connectivity index (χ4n) is 2.30. The number of fused-ring (bicyclic) bond motifs is 1. The number of ether oxygens (including phenoxy) is 1. The van der Waals surface area contributed by atoms with Crippen LogP contribution in [0.2, 0.25) is 0 Å². The van der Waals surface area contributed by atoms with Gasteiger partial charge < -0.3 is 4.74 Å². The van der Waals surface area contributed by atoms with Crippen molar-refractivity contribution in [1.29, 1.82) is 0 Å². The molecule has 0 spiro atoms. The molecule has 0 aromatic heterocycles. The standard InChI is InChI=1S/C17H12O4/c1-10-6-8-11(9-7-10)15(18)14-16(19)12-4-2-3-5-13(12)21-17(14)20/h2-9,14H,1H3. The first-order valence-electron chi connectivity index (χ1n) is 6.54. The number of benzene rings is 2. The Kier molecular flexibility index (Phi) is 3.14. The van der Waals surface area contributed by atoms with E-state index in [0.29, 0.717) is 5.56 Å². The molecule has 1 aliphatic rings. The summed E-state index contributed by atoms with van der Waals surface area (Å²) in [6.07, 6.45) is 0. The molecule has 3 rings (SSSR count). The van der Waals surface area contributed by atoms with Gasteiger partial charge in [0.1, 0.15) is 5.75 Å². The van der Waals surface area contributed by atoms with Gasteiger partial charge in [-0.1, -0.05) is 42.0 Å². The zero-order chi connectivity index (χ0) is 15.0. The number of hydrogen-bond acceptors (Lipinski definition) is 4. The normalized spacial score (nSPS) is 17.1. The third kappa shape index (κ3) is 2.25. The molecule has 0 amide bonds. The number of hydrogen-bond donors (Lipinski definition) is 0. The van der Waals surface area contributed by atoms with Crippen LogP contribution in [0.5, 0.6) is 5.75 Å². The molecule has 1 heterocycles. The van der Waals surface area contributed by atoms with Crippen molar-refractivity contribution in [2.75, 3.05) is 0 Å². The van der Waals surface area contributed by atoms with Crippen LogP contribution in [0.3, 0.4) is 0 Å². The van der Waals surface area contributed by atoms with Gasteiger partial charge in [-0.25, -0.2) is 0 Å². The lowest BCUT2D eigenvalue weighted by Crippen LogP contribution is -2.39. The van der Waals surface area contributed by atoms with Gasteiger partial charge in [-0.3, -0.25) is 14.4 Å². The zero-order valence-electron chi connectivity index (χ0n) is 11.3. The van der Waals surface area contributed by atoms with Crippen LogP contribution in [0, 0.1) is 12.8 Å². The van der Waals surface area contributed by atoms with Gasteiger partial charge in [0.25, 0.3) is 0 Å². The molecule has 1 aliphatic heterocycles. The lowest BCUT2D eigenvalue weighted by Gasteiger charge is -2.21. The SMILES string of the molecule is Cc1ccc(C(=O)C2C(=O)Oc3ccccc3C2=O)cc1. The van der Waals surface area contributed by atoms with Gasteiger partial charge in [0, 0.05) is 5.56 Å². The average molecular weight is 280 g/mol. The highest BCUT2D eigenvalue weighted by molar-refractivity contribution is 6.28. The van der Waals surface area contributed by atoms with E-state index >= 15 is 0 Å². The van der Waals surface area contributed by atoms with E-state index in [1.807, 2.05) is 6.92 Å². The van der Waals surface area contributed by atoms with Crippen molar-refractivity contribution in [2.45, 2.75) is 6.92 Å². The Hall–Kier alpha value is -2.75. The number of esters is 1. The zero-order valence-corrected chi connectivity index (χ0v) is 11.3. The Balaban J connectivity index is 1.99. The highest BCUT2D eigenvalue weighted by Gasteiger charge is 2.41. The molecule has 0 N–H and O–H groups in total. The Morgan fingerprint density at radius 2 is 1.67 bits per heavy atom. The fourth-order valence-corrected chi connectivity index (χ4v) is 2.30. The summed E-state index contributed by atoms with van der Waals surface area (Å²) in [5, 5.41) is 0. The monoisotopic (exact) mass is 280 g/mol. The van der Waals surface area contributed by atoms with Crippen molar-refractivity contribution in [1.82, 2.24) is 0 Å². The molecule has 1 atom stereocenters. The molecule has 1 unspecified atom stereocenters. The van der Waals surface area contributed by atoms with E-state index in [4.69, 9.17) is 4.74 Å². The van der Waals surface area contributed by atoms with Crippen LogP contribution < -0.4 is 4.74 Å². The fraction of sp³-hybridized carbons (Fsp3) is 0.118. The maximum Gasteiger partial charge on any atom is 0.330 e. The molecular formula is C17H12O4. The van der Waals surface area contributed by atoms with Gasteiger partial charge in [0.2, 0.25) is 0 Å². The summed E-state index contributed by atoms with van der Waals surface area (Å²) < 4.78 is 5.10. The van der Waals surface area contributed by atoms with Gasteiger partial charge in [0.15, 0.2) is 17.5 Å². The van der Waals surface area contributed by atoms with E-state index in [9.17, 15) is 14.4 Å². The lowest BCUT2D eigenvalue weighted by molar-refractivity contribution is -0.136. The Bertz CT molecular complexity index is 744. The van der Waals surface area contributed by atoms with Crippen molar-refractivity contribution < 1.29 is 19.1 Å². The van der Waals surface area contributed by atoms with Crippen molar-refractivity contribution in [3.8, 4) is 5.75 Å². The smallest absolute Gasteiger partial charge is 0.330 e. The summed E-state index contributed by atoms with van der Waals surface area (Å²) in [4.78, 5) is 36.8. The van der Waals surface area contributed by atoms with Gasteiger partial charge in [-0.05, 0) is 19.1 Å². The first-order chi connectivity index (χ1) is 10.1. The van der Waals surface area contributed by atoms with Crippen molar-refractivity contribution in [2.24, 2.45) is 5.92 Å². The Morgan fingerprint density at radius 3 is 2.38 bits per heavy atom. The number of carbonyl (C=O) groups excluding carboxylic acids is 3. The maximum absolute atomic E-state index is 12.4. The van der Waals surface area contributed by atoms with E-state index < -0.39 is 23.5 Å². The van der Waals surface area contributed by atoms with Crippen LogP contribution in [-0.4, -0.2) is 17.5 Å². The molecule has 0 saturated heterocycles. The van der Waals surface area contributed by atoms with Crippen molar-refractivity contribution >= 4 is 17.5 Å². The predicted octanol–water partition coefficient (Wildman–Crippen LogP) is 2.60. The molecule has 0 fully saturated rings. The number of carbonyl (C=O) groups is 3. The van der Waals surface area contributed by atoms with Crippen LogP contribution in [0.1, 0.15) is 26.3 Å². The van der Waals surface area contributed by atoms with Crippen LogP contribution in [0.25, 0.3) is 0 Å². The predicted molar refractivity (Wildman–Crippen MR) is 75.4 cm³/mol. The molecule has 2 aromatic rings. The van der Waals surface area contributed by atoms with Crippen LogP contribution in [0.15, 0.2) is 48.5 Å². The molecule has 4 heteroatoms. The van der Waals surface area contributed by atoms with E-state index in [1.54, 1.807) is 42.5 Å². The Labute approximate surface area is 121 Å². The minimum Gasteiger partial charge on any atom is -0.425 e. The molecule has 2 aromatic carbocycles. The summed E-state index contributed by atoms with van der Waals surface area (Å²) in [6.45, 7) is 1.89. The minimum atomic E-state index is -1.41. The number of rotatable bonds is 2. The highest BCUT2D eigenvalue weighted by atomic mass is 16.5. The van der Waals surface area contributed by atoms with Crippen LogP contribution in [-0.2, 0) is 4.79 Å². The van der Waals surface area contributed by atoms with Gasteiger partial charge >= 0.3 is 5.97 Å². The topological polar surface area (TPSA) is 60.4 Å². The molecule has 0 radical (unpaired) electrons. The molecule has 0 bridgehead atoms. The van der Waals surface area contributed by atoms with E-state index in [2.05, 4.69) is 0 Å². The summed E-state index contributed by atoms with van der Waals surface area (Å²) in [5.74, 6) is -3.06. The summed E-state index contributed by atoms with van der Waals surface area (Å²) >= 11 is 0. The van der Waals surface area contributed by atoms with Crippen LogP contribution >= 0.6 is 0 Å². The number of para-hydroxylation sites is 1. The van der Waals surface area contributed by atoms with Gasteiger partial charge in [-0.15, -0.1) is 0 Å². The van der Waals surface area contributed by atoms with E-state index in [-0.39, 0.29) is 11.3 Å². The van der Waals surface area contributed by atoms with E-state index in [0.717, 1.165) is 5.56 Å². The quantitative estimate of drug-likeness (QED) is 0.367. The molecular weight excluding hydrogens is 268 g/mol. The first kappa shape index (κ1) is 13.2. The Morgan fingerprint density at radius 1 is 1.00 bits per heavy atom. The van der Waals surface area contributed by atoms with Gasteiger partial charge in [0.05, 0.1) is 5.56 Å². The molecule has 0 aliphatic carbocycles. The summed E-state index contributed by atoms with van der Waals surface area (Å²) in [7, 11) is 0. The second kappa shape index (κ2) is 4.98.